The molecule has 0 aliphatic carbocycles. The molecule has 3 heterocycles. The lowest BCUT2D eigenvalue weighted by molar-refractivity contribution is 0.623. The highest BCUT2D eigenvalue weighted by Crippen LogP contribution is 2.42. The third-order valence-corrected chi connectivity index (χ3v) is 11.1. The van der Waals surface area contributed by atoms with Crippen LogP contribution in [-0.4, -0.2) is 4.98 Å². The number of aromatic nitrogens is 1. The van der Waals surface area contributed by atoms with Gasteiger partial charge in [0.05, 0.1) is 0 Å². The zero-order chi connectivity index (χ0) is 36.7. The van der Waals surface area contributed by atoms with Gasteiger partial charge in [0.25, 0.3) is 0 Å². The van der Waals surface area contributed by atoms with Crippen LogP contribution in [0.4, 0.5) is 17.1 Å². The van der Waals surface area contributed by atoms with E-state index < -0.39 is 0 Å². The summed E-state index contributed by atoms with van der Waals surface area (Å²) < 4.78 is 19.2. The Hall–Kier alpha value is -7.63. The summed E-state index contributed by atoms with van der Waals surface area (Å²) in [6.45, 7) is 0. The molecule has 0 spiro atoms. The van der Waals surface area contributed by atoms with Gasteiger partial charge in [-0.2, -0.15) is 0 Å². The average Bonchev–Trinajstić information content (AvgIpc) is 3.97. The van der Waals surface area contributed by atoms with Gasteiger partial charge in [-0.3, -0.25) is 0 Å². The summed E-state index contributed by atoms with van der Waals surface area (Å²) in [6.07, 6.45) is 0. The van der Waals surface area contributed by atoms with E-state index in [-0.39, 0.29) is 0 Å². The largest absolute Gasteiger partial charge is 0.456 e. The Labute approximate surface area is 320 Å². The monoisotopic (exact) mass is 718 g/mol. The molecule has 0 amide bonds. The van der Waals surface area contributed by atoms with Gasteiger partial charge in [0.2, 0.25) is 5.89 Å². The Morgan fingerprint density at radius 1 is 0.357 bits per heavy atom. The summed E-state index contributed by atoms with van der Waals surface area (Å²) in [5.41, 5.74) is 11.3. The minimum absolute atomic E-state index is 0.630. The molecule has 0 saturated carbocycles. The topological polar surface area (TPSA) is 55.6 Å². The molecule has 0 saturated heterocycles. The number of nitrogens with zero attached hydrogens (tertiary/aromatic N) is 2. The van der Waals surface area contributed by atoms with E-state index in [4.69, 9.17) is 18.2 Å². The van der Waals surface area contributed by atoms with E-state index >= 15 is 0 Å². The quantitative estimate of drug-likeness (QED) is 0.166. The highest BCUT2D eigenvalue weighted by molar-refractivity contribution is 6.18. The highest BCUT2D eigenvalue weighted by Gasteiger charge is 2.19. The predicted molar refractivity (Wildman–Crippen MR) is 229 cm³/mol. The number of benzene rings is 9. The van der Waals surface area contributed by atoms with Crippen molar-refractivity contribution >= 4 is 93.6 Å². The first-order valence-corrected chi connectivity index (χ1v) is 18.8. The fraction of sp³-hybridized carbons (Fsp3) is 0. The Bertz CT molecular complexity index is 3370. The maximum Gasteiger partial charge on any atom is 0.227 e. The van der Waals surface area contributed by atoms with E-state index in [2.05, 4.69) is 126 Å². The molecule has 0 aliphatic heterocycles. The van der Waals surface area contributed by atoms with Crippen molar-refractivity contribution in [2.45, 2.75) is 0 Å². The summed E-state index contributed by atoms with van der Waals surface area (Å²) >= 11 is 0. The van der Waals surface area contributed by atoms with Crippen molar-refractivity contribution in [3.05, 3.63) is 182 Å². The van der Waals surface area contributed by atoms with Crippen molar-refractivity contribution in [3.8, 4) is 22.6 Å². The molecule has 0 unspecified atom stereocenters. The molecule has 5 nitrogen and oxygen atoms in total. The van der Waals surface area contributed by atoms with Crippen molar-refractivity contribution < 1.29 is 13.3 Å². The number of furan rings is 2. The van der Waals surface area contributed by atoms with Crippen LogP contribution in [0.5, 0.6) is 0 Å². The molecule has 12 aromatic rings. The van der Waals surface area contributed by atoms with Crippen molar-refractivity contribution in [2.24, 2.45) is 0 Å². The SMILES string of the molecule is c1ccc(-c2nc3ccc4ccc5cc(-c6ccc(N(c7ccc8c(c7)oc7ccccc78)c7ccc8c(c7)oc7ccccc78)cc6)ccc5c4c3o2)cc1. The van der Waals surface area contributed by atoms with Crippen LogP contribution in [0.15, 0.2) is 195 Å². The third-order valence-electron chi connectivity index (χ3n) is 11.1. The average molecular weight is 719 g/mol. The second kappa shape index (κ2) is 11.9. The first kappa shape index (κ1) is 30.8. The molecule has 0 radical (unpaired) electrons. The number of hydrogen-bond donors (Lipinski definition) is 0. The zero-order valence-corrected chi connectivity index (χ0v) is 29.9. The smallest absolute Gasteiger partial charge is 0.227 e. The molecule has 0 atom stereocenters. The summed E-state index contributed by atoms with van der Waals surface area (Å²) in [6, 6.07) is 63.4. The van der Waals surface area contributed by atoms with Gasteiger partial charge >= 0.3 is 0 Å². The maximum absolute atomic E-state index is 6.45. The number of para-hydroxylation sites is 2. The molecule has 5 heteroatoms. The Kier molecular flexibility index (Phi) is 6.56. The van der Waals surface area contributed by atoms with E-state index in [1.54, 1.807) is 0 Å². The molecular weight excluding hydrogens is 689 g/mol. The number of rotatable bonds is 5. The zero-order valence-electron chi connectivity index (χ0n) is 29.9. The molecule has 56 heavy (non-hydrogen) atoms. The van der Waals surface area contributed by atoms with Crippen molar-refractivity contribution in [1.82, 2.24) is 4.98 Å². The molecule has 0 N–H and O–H groups in total. The lowest BCUT2D eigenvalue weighted by atomic mass is 9.97. The van der Waals surface area contributed by atoms with E-state index in [9.17, 15) is 0 Å². The van der Waals surface area contributed by atoms with Crippen molar-refractivity contribution in [3.63, 3.8) is 0 Å². The first-order valence-electron chi connectivity index (χ1n) is 18.8. The molecule has 9 aromatic carbocycles. The minimum Gasteiger partial charge on any atom is -0.456 e. The summed E-state index contributed by atoms with van der Waals surface area (Å²) in [5.74, 6) is 0.630. The maximum atomic E-state index is 6.45. The number of oxazole rings is 1. The lowest BCUT2D eigenvalue weighted by Gasteiger charge is -2.25. The van der Waals surface area contributed by atoms with E-state index in [0.29, 0.717) is 5.89 Å². The molecule has 0 bridgehead atoms. The van der Waals surface area contributed by atoms with Crippen LogP contribution in [0.3, 0.4) is 0 Å². The Balaban J connectivity index is 0.960. The fourth-order valence-corrected chi connectivity index (χ4v) is 8.37. The number of hydrogen-bond acceptors (Lipinski definition) is 5. The van der Waals surface area contributed by atoms with Gasteiger partial charge in [0, 0.05) is 61.7 Å². The van der Waals surface area contributed by atoms with Gasteiger partial charge < -0.3 is 18.2 Å². The lowest BCUT2D eigenvalue weighted by Crippen LogP contribution is -2.09. The molecule has 262 valence electrons. The summed E-state index contributed by atoms with van der Waals surface area (Å²) in [5, 5.41) is 8.89. The van der Waals surface area contributed by atoms with Crippen LogP contribution in [0.2, 0.25) is 0 Å². The second-order valence-corrected chi connectivity index (χ2v) is 14.3. The molecule has 0 aliphatic rings. The Morgan fingerprint density at radius 2 is 0.911 bits per heavy atom. The van der Waals surface area contributed by atoms with Crippen LogP contribution in [-0.2, 0) is 0 Å². The first-order chi connectivity index (χ1) is 27.7. The molecule has 0 fully saturated rings. The van der Waals surface area contributed by atoms with E-state index in [1.807, 2.05) is 60.7 Å². The Morgan fingerprint density at radius 3 is 1.61 bits per heavy atom. The number of anilines is 3. The summed E-state index contributed by atoms with van der Waals surface area (Å²) in [4.78, 5) is 7.11. The van der Waals surface area contributed by atoms with E-state index in [1.165, 1.54) is 0 Å². The van der Waals surface area contributed by atoms with Crippen LogP contribution >= 0.6 is 0 Å². The van der Waals surface area contributed by atoms with Crippen molar-refractivity contribution in [2.75, 3.05) is 4.90 Å². The number of fused-ring (bicyclic) bond motifs is 11. The van der Waals surface area contributed by atoms with Gasteiger partial charge in [0.1, 0.15) is 27.8 Å². The van der Waals surface area contributed by atoms with Crippen LogP contribution < -0.4 is 4.90 Å². The molecule has 3 aromatic heterocycles. The van der Waals surface area contributed by atoms with Crippen molar-refractivity contribution in [1.29, 1.82) is 0 Å². The standard InChI is InChI=1S/C51H30N2O3/c1-2-8-33(9-3-1)51-52-44-27-19-32-14-15-35-28-34(18-24-39(35)49(32)50(44)56-51)31-16-20-36(21-17-31)53(37-22-25-42-40-10-4-6-12-45(40)54-47(42)29-37)38-23-26-43-41-11-5-7-13-46(41)55-48(43)30-38/h1-30H. The molecule has 12 rings (SSSR count). The second-order valence-electron chi connectivity index (χ2n) is 14.3. The van der Waals surface area contributed by atoms with Gasteiger partial charge in [-0.05, 0) is 100 Å². The van der Waals surface area contributed by atoms with Gasteiger partial charge in [-0.1, -0.05) is 97.1 Å². The van der Waals surface area contributed by atoms with Gasteiger partial charge in [0.15, 0.2) is 5.58 Å². The van der Waals surface area contributed by atoms with Gasteiger partial charge in [-0.15, -0.1) is 0 Å². The highest BCUT2D eigenvalue weighted by atomic mass is 16.3. The van der Waals surface area contributed by atoms with E-state index in [0.717, 1.165) is 110 Å². The van der Waals surface area contributed by atoms with Crippen LogP contribution in [0.1, 0.15) is 0 Å². The summed E-state index contributed by atoms with van der Waals surface area (Å²) in [7, 11) is 0. The predicted octanol–water partition coefficient (Wildman–Crippen LogP) is 14.7. The minimum atomic E-state index is 0.630. The van der Waals surface area contributed by atoms with Crippen LogP contribution in [0, 0.1) is 0 Å². The third kappa shape index (κ3) is 4.78. The molecular formula is C51H30N2O3. The normalized spacial score (nSPS) is 11.9. The van der Waals surface area contributed by atoms with Gasteiger partial charge in [-0.25, -0.2) is 4.98 Å². The fourth-order valence-electron chi connectivity index (χ4n) is 8.37. The van der Waals surface area contributed by atoms with Crippen LogP contribution in [0.25, 0.3) is 99.1 Å².